The number of rotatable bonds is 4. The summed E-state index contributed by atoms with van der Waals surface area (Å²) in [6, 6.07) is 0. The van der Waals surface area contributed by atoms with Gasteiger partial charge in [0.25, 0.3) is 0 Å². The molecule has 0 radical (unpaired) electrons. The molecular formula is C12H22O11. The fraction of sp³-hybridized carbons (Fsp3) is 1.00. The molecule has 0 aromatic carbocycles. The summed E-state index contributed by atoms with van der Waals surface area (Å²) in [5.74, 6) is 0. The molecule has 2 heterocycles. The van der Waals surface area contributed by atoms with E-state index in [1.54, 1.807) is 0 Å². The summed E-state index contributed by atoms with van der Waals surface area (Å²) >= 11 is 0. The minimum atomic E-state index is -1.75. The minimum absolute atomic E-state index is 0.651. The second-order valence-electron chi connectivity index (χ2n) is 5.53. The summed E-state index contributed by atoms with van der Waals surface area (Å²) in [5.41, 5.74) is 0. The van der Waals surface area contributed by atoms with Crippen LogP contribution in [0.15, 0.2) is 0 Å². The summed E-state index contributed by atoms with van der Waals surface area (Å²) in [6.45, 7) is -1.33. The van der Waals surface area contributed by atoms with Crippen LogP contribution in [0, 0.1) is 0 Å². The van der Waals surface area contributed by atoms with E-state index in [1.807, 2.05) is 0 Å². The molecule has 2 rings (SSSR count). The SMILES string of the molecule is OC[C@H]1O[C@@H](O[C@H]2[C@@H](O)[C@H](O)[C@@H](CO)O[C@H]2O)[C@@H](O)[C@@H](O)[C@@H]1O. The quantitative estimate of drug-likeness (QED) is 0.243. The van der Waals surface area contributed by atoms with Gasteiger partial charge in [-0.1, -0.05) is 0 Å². The van der Waals surface area contributed by atoms with Crippen molar-refractivity contribution in [3.05, 3.63) is 0 Å². The van der Waals surface area contributed by atoms with Crippen molar-refractivity contribution in [2.75, 3.05) is 13.2 Å². The number of ether oxygens (including phenoxy) is 3. The van der Waals surface area contributed by atoms with Crippen LogP contribution in [0.25, 0.3) is 0 Å². The van der Waals surface area contributed by atoms with Gasteiger partial charge in [-0.15, -0.1) is 0 Å². The lowest BCUT2D eigenvalue weighted by atomic mass is 9.97. The Morgan fingerprint density at radius 1 is 0.652 bits per heavy atom. The maximum atomic E-state index is 9.94. The molecule has 0 aromatic heterocycles. The Bertz CT molecular complexity index is 380. The molecule has 8 N–H and O–H groups in total. The molecular weight excluding hydrogens is 320 g/mol. The first-order chi connectivity index (χ1) is 10.8. The smallest absolute Gasteiger partial charge is 0.187 e. The van der Waals surface area contributed by atoms with Crippen molar-refractivity contribution in [2.45, 2.75) is 61.4 Å². The van der Waals surface area contributed by atoms with Crippen LogP contribution < -0.4 is 0 Å². The third-order valence-electron chi connectivity index (χ3n) is 3.98. The van der Waals surface area contributed by atoms with Gasteiger partial charge in [0.05, 0.1) is 13.2 Å². The Morgan fingerprint density at radius 2 is 1.17 bits per heavy atom. The maximum Gasteiger partial charge on any atom is 0.187 e. The lowest BCUT2D eigenvalue weighted by Crippen LogP contribution is -2.64. The Labute approximate surface area is 130 Å². The minimum Gasteiger partial charge on any atom is -0.394 e. The molecule has 0 bridgehead atoms. The van der Waals surface area contributed by atoms with Gasteiger partial charge in [0.1, 0.15) is 48.8 Å². The van der Waals surface area contributed by atoms with E-state index in [0.29, 0.717) is 0 Å². The predicted molar refractivity (Wildman–Crippen MR) is 68.6 cm³/mol. The van der Waals surface area contributed by atoms with E-state index in [0.717, 1.165) is 0 Å². The van der Waals surface area contributed by atoms with Gasteiger partial charge in [-0.2, -0.15) is 0 Å². The number of aliphatic hydroxyl groups is 8. The van der Waals surface area contributed by atoms with E-state index in [-0.39, 0.29) is 0 Å². The van der Waals surface area contributed by atoms with E-state index in [9.17, 15) is 30.6 Å². The van der Waals surface area contributed by atoms with Gasteiger partial charge in [-0.25, -0.2) is 0 Å². The van der Waals surface area contributed by atoms with Crippen molar-refractivity contribution in [1.29, 1.82) is 0 Å². The van der Waals surface area contributed by atoms with Gasteiger partial charge in [0.2, 0.25) is 0 Å². The Morgan fingerprint density at radius 3 is 1.74 bits per heavy atom. The molecule has 0 unspecified atom stereocenters. The average molecular weight is 342 g/mol. The summed E-state index contributed by atoms with van der Waals surface area (Å²) < 4.78 is 15.1. The first-order valence-electron chi connectivity index (χ1n) is 7.08. The first kappa shape index (κ1) is 18.9. The summed E-state index contributed by atoms with van der Waals surface area (Å²) in [5, 5.41) is 76.7. The molecule has 0 spiro atoms. The van der Waals surface area contributed by atoms with Gasteiger partial charge < -0.3 is 55.1 Å². The fourth-order valence-corrected chi connectivity index (χ4v) is 2.55. The normalized spacial score (nSPS) is 51.7. The Balaban J connectivity index is 2.08. The van der Waals surface area contributed by atoms with Gasteiger partial charge in [-0.3, -0.25) is 0 Å². The molecule has 2 aliphatic heterocycles. The molecule has 10 atom stereocenters. The van der Waals surface area contributed by atoms with Crippen molar-refractivity contribution in [2.24, 2.45) is 0 Å². The lowest BCUT2D eigenvalue weighted by molar-refractivity contribution is -0.361. The summed E-state index contributed by atoms with van der Waals surface area (Å²) in [6.07, 6.45) is -15.6. The predicted octanol–water partition coefficient (Wildman–Crippen LogP) is -5.40. The van der Waals surface area contributed by atoms with Crippen molar-refractivity contribution >= 4 is 0 Å². The molecule has 11 heteroatoms. The molecule has 2 saturated heterocycles. The van der Waals surface area contributed by atoms with Crippen LogP contribution in [0.5, 0.6) is 0 Å². The maximum absolute atomic E-state index is 9.94. The zero-order chi connectivity index (χ0) is 17.3. The van der Waals surface area contributed by atoms with Crippen LogP contribution in [0.3, 0.4) is 0 Å². The number of hydrogen-bond acceptors (Lipinski definition) is 11. The zero-order valence-electron chi connectivity index (χ0n) is 12.0. The van der Waals surface area contributed by atoms with Crippen molar-refractivity contribution in [1.82, 2.24) is 0 Å². The molecule has 0 aromatic rings. The van der Waals surface area contributed by atoms with Crippen LogP contribution in [0.2, 0.25) is 0 Å². The lowest BCUT2D eigenvalue weighted by Gasteiger charge is -2.44. The van der Waals surface area contributed by atoms with Gasteiger partial charge >= 0.3 is 0 Å². The van der Waals surface area contributed by atoms with E-state index in [2.05, 4.69) is 0 Å². The monoisotopic (exact) mass is 342 g/mol. The number of aliphatic hydroxyl groups excluding tert-OH is 8. The van der Waals surface area contributed by atoms with Crippen LogP contribution in [0.1, 0.15) is 0 Å². The van der Waals surface area contributed by atoms with Crippen molar-refractivity contribution in [3.8, 4) is 0 Å². The van der Waals surface area contributed by atoms with Crippen molar-refractivity contribution in [3.63, 3.8) is 0 Å². The first-order valence-corrected chi connectivity index (χ1v) is 7.08. The fourth-order valence-electron chi connectivity index (χ4n) is 2.55. The van der Waals surface area contributed by atoms with E-state index in [4.69, 9.17) is 24.4 Å². The highest BCUT2D eigenvalue weighted by molar-refractivity contribution is 4.93. The third-order valence-corrected chi connectivity index (χ3v) is 3.98. The van der Waals surface area contributed by atoms with Crippen LogP contribution in [-0.2, 0) is 14.2 Å². The molecule has 2 aliphatic rings. The molecule has 2 fully saturated rings. The molecule has 23 heavy (non-hydrogen) atoms. The van der Waals surface area contributed by atoms with Gasteiger partial charge in [-0.05, 0) is 0 Å². The van der Waals surface area contributed by atoms with Crippen LogP contribution in [-0.4, -0.2) is 115 Å². The highest BCUT2D eigenvalue weighted by Crippen LogP contribution is 2.28. The average Bonchev–Trinajstić information content (AvgIpc) is 2.54. The Hall–Kier alpha value is -0.440. The molecule has 0 amide bonds. The standard InChI is InChI=1S/C12H22O11/c13-1-3-6(16)8(18)10(11(20)21-3)23-12-9(19)7(17)5(15)4(2-14)22-12/h3-20H,1-2H2/t3-,4-,5-,6-,7+,8+,9+,10+,11-,12+/m1/s1. The molecule has 136 valence electrons. The van der Waals surface area contributed by atoms with Gasteiger partial charge in [0.15, 0.2) is 12.6 Å². The van der Waals surface area contributed by atoms with Crippen molar-refractivity contribution < 1.29 is 55.1 Å². The summed E-state index contributed by atoms with van der Waals surface area (Å²) in [7, 11) is 0. The van der Waals surface area contributed by atoms with Crippen LogP contribution >= 0.6 is 0 Å². The molecule has 0 saturated carbocycles. The van der Waals surface area contributed by atoms with Crippen LogP contribution in [0.4, 0.5) is 0 Å². The highest BCUT2D eigenvalue weighted by atomic mass is 16.7. The highest BCUT2D eigenvalue weighted by Gasteiger charge is 2.50. The largest absolute Gasteiger partial charge is 0.394 e. The second kappa shape index (κ2) is 7.63. The number of hydrogen-bond donors (Lipinski definition) is 8. The molecule has 11 nitrogen and oxygen atoms in total. The second-order valence-corrected chi connectivity index (χ2v) is 5.53. The van der Waals surface area contributed by atoms with Gasteiger partial charge in [0, 0.05) is 0 Å². The van der Waals surface area contributed by atoms with E-state index in [1.165, 1.54) is 0 Å². The van der Waals surface area contributed by atoms with E-state index >= 15 is 0 Å². The molecule has 0 aliphatic carbocycles. The zero-order valence-corrected chi connectivity index (χ0v) is 12.0. The van der Waals surface area contributed by atoms with E-state index < -0.39 is 74.6 Å². The Kier molecular flexibility index (Phi) is 6.27. The topological polar surface area (TPSA) is 190 Å². The third kappa shape index (κ3) is 3.65. The summed E-state index contributed by atoms with van der Waals surface area (Å²) in [4.78, 5) is 0.